The van der Waals surface area contributed by atoms with Crippen molar-refractivity contribution in [2.45, 2.75) is 38.9 Å². The number of halogens is 3. The molecule has 0 aliphatic heterocycles. The number of amides is 1. The summed E-state index contributed by atoms with van der Waals surface area (Å²) in [5, 5.41) is 10.5. The van der Waals surface area contributed by atoms with Crippen molar-refractivity contribution in [1.29, 1.82) is 0 Å². The number of aromatic nitrogens is 6. The number of nitrogens with one attached hydrogen (secondary N) is 1. The maximum atomic E-state index is 13.6. The van der Waals surface area contributed by atoms with Crippen LogP contribution in [0.4, 0.5) is 19.1 Å². The summed E-state index contributed by atoms with van der Waals surface area (Å²) in [6.45, 7) is 5.72. The summed E-state index contributed by atoms with van der Waals surface area (Å²) in [4.78, 5) is 20.9. The number of carbonyl (C=O) groups excluding carboxylic acids is 1. The first kappa shape index (κ1) is 21.5. The number of carbonyl (C=O) groups is 1. The molecule has 0 aliphatic rings. The number of anilines is 1. The van der Waals surface area contributed by atoms with Crippen LogP contribution in [0.5, 0.6) is 0 Å². The molecule has 0 saturated heterocycles. The van der Waals surface area contributed by atoms with Crippen LogP contribution in [0.2, 0.25) is 0 Å². The van der Waals surface area contributed by atoms with E-state index >= 15 is 0 Å². The minimum Gasteiger partial charge on any atom is -0.288 e. The van der Waals surface area contributed by atoms with Gasteiger partial charge in [0, 0.05) is 11.5 Å². The Balaban J connectivity index is 1.60. The molecule has 11 heteroatoms. The second-order valence-corrected chi connectivity index (χ2v) is 8.28. The predicted octanol–water partition coefficient (Wildman–Crippen LogP) is 3.94. The lowest BCUT2D eigenvalue weighted by atomic mass is 9.91. The largest absolute Gasteiger partial charge is 0.433 e. The van der Waals surface area contributed by atoms with Gasteiger partial charge in [-0.1, -0.05) is 51.1 Å². The van der Waals surface area contributed by atoms with Crippen LogP contribution in [0.25, 0.3) is 5.65 Å². The highest BCUT2D eigenvalue weighted by atomic mass is 19.4. The molecule has 1 aromatic carbocycles. The number of rotatable bonds is 4. The zero-order valence-corrected chi connectivity index (χ0v) is 17.6. The fraction of sp³-hybridized carbons (Fsp3) is 0.286. The first-order valence-electron chi connectivity index (χ1n) is 9.74. The van der Waals surface area contributed by atoms with Gasteiger partial charge in [-0.05, 0) is 11.6 Å². The van der Waals surface area contributed by atoms with Gasteiger partial charge in [0.15, 0.2) is 11.3 Å². The standard InChI is InChI=1S/C21H20F3N7O/c1-20(2,3)15-10-16(21(22,23)24)31-17(26-15)9-14(28-31)18(32)27-19-25-12-30(29-19)11-13-7-5-4-6-8-13/h4-10,12H,11H2,1-3H3,(H,27,29,32). The number of benzene rings is 1. The van der Waals surface area contributed by atoms with Gasteiger partial charge < -0.3 is 0 Å². The third-order valence-electron chi connectivity index (χ3n) is 4.67. The summed E-state index contributed by atoms with van der Waals surface area (Å²) in [7, 11) is 0. The number of fused-ring (bicyclic) bond motifs is 1. The molecule has 0 fully saturated rings. The lowest BCUT2D eigenvalue weighted by Gasteiger charge is -2.19. The van der Waals surface area contributed by atoms with Crippen molar-refractivity contribution in [2.24, 2.45) is 0 Å². The first-order valence-corrected chi connectivity index (χ1v) is 9.74. The molecule has 0 bridgehead atoms. The molecule has 1 N–H and O–H groups in total. The molecule has 4 rings (SSSR count). The van der Waals surface area contributed by atoms with Gasteiger partial charge in [-0.15, -0.1) is 5.10 Å². The zero-order valence-electron chi connectivity index (χ0n) is 17.6. The Hall–Kier alpha value is -3.76. The van der Waals surface area contributed by atoms with Crippen molar-refractivity contribution in [3.05, 3.63) is 71.4 Å². The van der Waals surface area contributed by atoms with E-state index in [-0.39, 0.29) is 23.0 Å². The molecular weight excluding hydrogens is 423 g/mol. The number of alkyl halides is 3. The molecule has 4 aromatic rings. The van der Waals surface area contributed by atoms with E-state index in [1.807, 2.05) is 30.3 Å². The normalized spacial score (nSPS) is 12.3. The first-order chi connectivity index (χ1) is 15.0. The van der Waals surface area contributed by atoms with Crippen molar-refractivity contribution in [3.8, 4) is 0 Å². The SMILES string of the molecule is CC(C)(C)c1cc(C(F)(F)F)n2nc(C(=O)Nc3ncn(Cc4ccccc4)n3)cc2n1. The summed E-state index contributed by atoms with van der Waals surface area (Å²) in [5.74, 6) is -0.722. The van der Waals surface area contributed by atoms with Crippen LogP contribution in [-0.4, -0.2) is 35.3 Å². The highest BCUT2D eigenvalue weighted by Gasteiger charge is 2.36. The number of hydrogen-bond acceptors (Lipinski definition) is 5. The number of nitrogens with zero attached hydrogens (tertiary/aromatic N) is 6. The molecule has 0 aliphatic carbocycles. The van der Waals surface area contributed by atoms with Crippen molar-refractivity contribution < 1.29 is 18.0 Å². The third-order valence-corrected chi connectivity index (χ3v) is 4.67. The Bertz CT molecular complexity index is 1270. The fourth-order valence-corrected chi connectivity index (χ4v) is 3.04. The monoisotopic (exact) mass is 443 g/mol. The molecule has 3 aromatic heterocycles. The molecule has 0 radical (unpaired) electrons. The lowest BCUT2D eigenvalue weighted by molar-refractivity contribution is -0.142. The fourth-order valence-electron chi connectivity index (χ4n) is 3.04. The molecule has 3 heterocycles. The van der Waals surface area contributed by atoms with E-state index in [0.29, 0.717) is 11.1 Å². The molecule has 0 spiro atoms. The van der Waals surface area contributed by atoms with Gasteiger partial charge in [0.1, 0.15) is 12.0 Å². The van der Waals surface area contributed by atoms with E-state index in [4.69, 9.17) is 0 Å². The average molecular weight is 443 g/mol. The zero-order chi connectivity index (χ0) is 23.1. The molecule has 32 heavy (non-hydrogen) atoms. The van der Waals surface area contributed by atoms with Gasteiger partial charge in [0.25, 0.3) is 5.91 Å². The van der Waals surface area contributed by atoms with E-state index < -0.39 is 23.2 Å². The van der Waals surface area contributed by atoms with E-state index in [1.54, 1.807) is 20.8 Å². The number of hydrogen-bond donors (Lipinski definition) is 1. The molecule has 0 saturated carbocycles. The predicted molar refractivity (Wildman–Crippen MR) is 110 cm³/mol. The van der Waals surface area contributed by atoms with Crippen molar-refractivity contribution in [2.75, 3.05) is 5.32 Å². The van der Waals surface area contributed by atoms with E-state index in [1.165, 1.54) is 17.1 Å². The third kappa shape index (κ3) is 4.46. The second kappa shape index (κ2) is 7.74. The molecule has 0 atom stereocenters. The van der Waals surface area contributed by atoms with Crippen LogP contribution >= 0.6 is 0 Å². The smallest absolute Gasteiger partial charge is 0.288 e. The Kier molecular flexibility index (Phi) is 5.19. The molecule has 0 unspecified atom stereocenters. The van der Waals surface area contributed by atoms with Crippen LogP contribution in [0.15, 0.2) is 48.8 Å². The summed E-state index contributed by atoms with van der Waals surface area (Å²) < 4.78 is 43.0. The minimum atomic E-state index is -4.67. The van der Waals surface area contributed by atoms with E-state index in [9.17, 15) is 18.0 Å². The molecule has 8 nitrogen and oxygen atoms in total. The average Bonchev–Trinajstić information content (AvgIpc) is 3.33. The summed E-state index contributed by atoms with van der Waals surface area (Å²) >= 11 is 0. The van der Waals surface area contributed by atoms with Gasteiger partial charge >= 0.3 is 6.18 Å². The van der Waals surface area contributed by atoms with Gasteiger partial charge in [-0.25, -0.2) is 19.2 Å². The van der Waals surface area contributed by atoms with Crippen LogP contribution in [0, 0.1) is 0 Å². The maximum absolute atomic E-state index is 13.6. The quantitative estimate of drug-likeness (QED) is 0.516. The van der Waals surface area contributed by atoms with E-state index in [0.717, 1.165) is 11.6 Å². The Morgan fingerprint density at radius 3 is 2.44 bits per heavy atom. The van der Waals surface area contributed by atoms with Gasteiger partial charge in [-0.3, -0.25) is 10.1 Å². The van der Waals surface area contributed by atoms with Gasteiger partial charge in [0.2, 0.25) is 5.95 Å². The van der Waals surface area contributed by atoms with Crippen molar-refractivity contribution >= 4 is 17.5 Å². The van der Waals surface area contributed by atoms with Gasteiger partial charge in [-0.2, -0.15) is 18.3 Å². The van der Waals surface area contributed by atoms with Crippen LogP contribution in [0.3, 0.4) is 0 Å². The Morgan fingerprint density at radius 2 is 1.78 bits per heavy atom. The summed E-state index contributed by atoms with van der Waals surface area (Å²) in [6, 6.07) is 11.7. The van der Waals surface area contributed by atoms with Gasteiger partial charge in [0.05, 0.1) is 12.2 Å². The molecular formula is C21H20F3N7O. The second-order valence-electron chi connectivity index (χ2n) is 8.28. The highest BCUT2D eigenvalue weighted by molar-refractivity contribution is 6.02. The van der Waals surface area contributed by atoms with Crippen molar-refractivity contribution in [1.82, 2.24) is 29.4 Å². The summed E-state index contributed by atoms with van der Waals surface area (Å²) in [5.41, 5.74) is -0.687. The lowest BCUT2D eigenvalue weighted by Crippen LogP contribution is -2.20. The topological polar surface area (TPSA) is 90.0 Å². The maximum Gasteiger partial charge on any atom is 0.433 e. The molecule has 166 valence electrons. The van der Waals surface area contributed by atoms with Crippen LogP contribution in [0.1, 0.15) is 48.2 Å². The van der Waals surface area contributed by atoms with Crippen LogP contribution < -0.4 is 5.32 Å². The van der Waals surface area contributed by atoms with E-state index in [2.05, 4.69) is 25.5 Å². The minimum absolute atomic E-state index is 0.0161. The molecule has 1 amide bonds. The highest BCUT2D eigenvalue weighted by Crippen LogP contribution is 2.32. The summed E-state index contributed by atoms with van der Waals surface area (Å²) in [6.07, 6.45) is -3.22. The Morgan fingerprint density at radius 1 is 1.06 bits per heavy atom. The van der Waals surface area contributed by atoms with Crippen LogP contribution in [-0.2, 0) is 18.1 Å². The Labute approximate surface area is 181 Å². The van der Waals surface area contributed by atoms with Crippen molar-refractivity contribution in [3.63, 3.8) is 0 Å².